The van der Waals surface area contributed by atoms with Gasteiger partial charge in [0.15, 0.2) is 5.69 Å². The third-order valence-electron chi connectivity index (χ3n) is 3.45. The van der Waals surface area contributed by atoms with Crippen LogP contribution in [-0.2, 0) is 10.0 Å². The molecular weight excluding hydrogens is 354 g/mol. The molecular formula is C18H15N3O4S. The summed E-state index contributed by atoms with van der Waals surface area (Å²) in [5, 5.41) is 14.0. The zero-order valence-corrected chi connectivity index (χ0v) is 14.3. The van der Waals surface area contributed by atoms with E-state index in [1.54, 1.807) is 36.4 Å². The minimum Gasteiger partial charge on any atom is -0.476 e. The Kier molecular flexibility index (Phi) is 4.85. The summed E-state index contributed by atoms with van der Waals surface area (Å²) in [6.45, 7) is 0. The van der Waals surface area contributed by atoms with Gasteiger partial charge in [-0.1, -0.05) is 42.5 Å². The fourth-order valence-electron chi connectivity index (χ4n) is 2.25. The van der Waals surface area contributed by atoms with E-state index in [1.165, 1.54) is 23.0 Å². The van der Waals surface area contributed by atoms with Crippen LogP contribution in [0.25, 0.3) is 11.8 Å². The van der Waals surface area contributed by atoms with E-state index in [2.05, 4.69) is 9.82 Å². The van der Waals surface area contributed by atoms with Crippen molar-refractivity contribution in [2.45, 2.75) is 0 Å². The summed E-state index contributed by atoms with van der Waals surface area (Å²) < 4.78 is 28.5. The standard InChI is InChI=1S/C18H15N3O4S/c22-18(23)16-10-12-21(19-16)17-9-5-4-8-15(17)20-26(24,25)13-11-14-6-2-1-3-7-14/h1-13,20H,(H,22,23)/b13-11+. The van der Waals surface area contributed by atoms with Gasteiger partial charge in [0.1, 0.15) is 0 Å². The number of aromatic carboxylic acids is 1. The molecule has 0 saturated carbocycles. The Hall–Kier alpha value is -3.39. The van der Waals surface area contributed by atoms with Crippen LogP contribution in [0.3, 0.4) is 0 Å². The minimum absolute atomic E-state index is 0.133. The van der Waals surface area contributed by atoms with Crippen LogP contribution in [0, 0.1) is 0 Å². The normalized spacial score (nSPS) is 11.5. The number of nitrogens with one attached hydrogen (secondary N) is 1. The average Bonchev–Trinajstić information content (AvgIpc) is 3.11. The number of carboxylic acid groups (broad SMARTS) is 1. The molecule has 0 aliphatic rings. The van der Waals surface area contributed by atoms with E-state index < -0.39 is 16.0 Å². The molecule has 0 spiro atoms. The van der Waals surface area contributed by atoms with Crippen molar-refractivity contribution in [3.05, 3.63) is 83.5 Å². The van der Waals surface area contributed by atoms with Crippen LogP contribution in [0.2, 0.25) is 0 Å². The Morgan fingerprint density at radius 3 is 2.42 bits per heavy atom. The van der Waals surface area contributed by atoms with E-state index in [9.17, 15) is 13.2 Å². The number of benzene rings is 2. The monoisotopic (exact) mass is 369 g/mol. The van der Waals surface area contributed by atoms with Crippen molar-refractivity contribution in [3.8, 4) is 5.69 Å². The van der Waals surface area contributed by atoms with E-state index in [4.69, 9.17) is 5.11 Å². The molecule has 0 aliphatic carbocycles. The van der Waals surface area contributed by atoms with Gasteiger partial charge in [0.05, 0.1) is 16.8 Å². The second-order valence-electron chi connectivity index (χ2n) is 5.33. The van der Waals surface area contributed by atoms with E-state index >= 15 is 0 Å². The lowest BCUT2D eigenvalue weighted by molar-refractivity contribution is 0.0690. The number of hydrogen-bond donors (Lipinski definition) is 2. The van der Waals surface area contributed by atoms with Gasteiger partial charge in [-0.05, 0) is 29.8 Å². The van der Waals surface area contributed by atoms with Crippen molar-refractivity contribution in [2.24, 2.45) is 0 Å². The Bertz CT molecular complexity index is 1060. The number of aromatic nitrogens is 2. The van der Waals surface area contributed by atoms with Crippen molar-refractivity contribution in [1.82, 2.24) is 9.78 Å². The number of nitrogens with zero attached hydrogens (tertiary/aromatic N) is 2. The second kappa shape index (κ2) is 7.24. The van der Waals surface area contributed by atoms with E-state index in [-0.39, 0.29) is 11.4 Å². The highest BCUT2D eigenvalue weighted by atomic mass is 32.2. The summed E-state index contributed by atoms with van der Waals surface area (Å²) in [6, 6.07) is 17.0. The topological polar surface area (TPSA) is 101 Å². The van der Waals surface area contributed by atoms with Gasteiger partial charge >= 0.3 is 5.97 Å². The maximum absolute atomic E-state index is 12.3. The molecule has 0 atom stereocenters. The number of carboxylic acids is 1. The Morgan fingerprint density at radius 2 is 1.73 bits per heavy atom. The zero-order chi connectivity index (χ0) is 18.6. The molecule has 1 heterocycles. The van der Waals surface area contributed by atoms with E-state index in [1.807, 2.05) is 18.2 Å². The molecule has 0 radical (unpaired) electrons. The molecule has 132 valence electrons. The highest BCUT2D eigenvalue weighted by molar-refractivity contribution is 7.95. The summed E-state index contributed by atoms with van der Waals surface area (Å²) in [4.78, 5) is 11.0. The van der Waals surface area contributed by atoms with Gasteiger partial charge in [0.2, 0.25) is 0 Å². The summed E-state index contributed by atoms with van der Waals surface area (Å²) in [5.41, 5.74) is 1.32. The molecule has 0 saturated heterocycles. The van der Waals surface area contributed by atoms with Crippen LogP contribution in [0.5, 0.6) is 0 Å². The maximum Gasteiger partial charge on any atom is 0.356 e. The number of para-hydroxylation sites is 2. The molecule has 2 aromatic carbocycles. The van der Waals surface area contributed by atoms with Crippen molar-refractivity contribution in [3.63, 3.8) is 0 Å². The lowest BCUT2D eigenvalue weighted by Crippen LogP contribution is -2.12. The van der Waals surface area contributed by atoms with Crippen LogP contribution >= 0.6 is 0 Å². The molecule has 1 aromatic heterocycles. The Morgan fingerprint density at radius 1 is 1.04 bits per heavy atom. The highest BCUT2D eigenvalue weighted by Gasteiger charge is 2.13. The lowest BCUT2D eigenvalue weighted by atomic mass is 10.2. The predicted molar refractivity (Wildman–Crippen MR) is 98.5 cm³/mol. The van der Waals surface area contributed by atoms with E-state index in [0.717, 1.165) is 11.0 Å². The SMILES string of the molecule is O=C(O)c1ccn(-c2ccccc2NS(=O)(=O)/C=C/c2ccccc2)n1. The third kappa shape index (κ3) is 4.17. The van der Waals surface area contributed by atoms with Crippen molar-refractivity contribution in [2.75, 3.05) is 4.72 Å². The molecule has 7 nitrogen and oxygen atoms in total. The lowest BCUT2D eigenvalue weighted by Gasteiger charge is -2.10. The second-order valence-corrected chi connectivity index (χ2v) is 6.89. The molecule has 26 heavy (non-hydrogen) atoms. The van der Waals surface area contributed by atoms with Gasteiger partial charge in [0, 0.05) is 6.20 Å². The van der Waals surface area contributed by atoms with Crippen LogP contribution in [-0.4, -0.2) is 29.3 Å². The number of anilines is 1. The van der Waals surface area contributed by atoms with Gasteiger partial charge in [-0.3, -0.25) is 4.72 Å². The number of carbonyl (C=O) groups is 1. The summed E-state index contributed by atoms with van der Waals surface area (Å²) in [5.74, 6) is -1.16. The number of sulfonamides is 1. The molecule has 3 rings (SSSR count). The van der Waals surface area contributed by atoms with E-state index in [0.29, 0.717) is 5.69 Å². The van der Waals surface area contributed by atoms with Crippen LogP contribution in [0.1, 0.15) is 16.1 Å². The first kappa shape index (κ1) is 17.4. The van der Waals surface area contributed by atoms with Gasteiger partial charge < -0.3 is 5.11 Å². The van der Waals surface area contributed by atoms with Crippen LogP contribution < -0.4 is 4.72 Å². The van der Waals surface area contributed by atoms with Gasteiger partial charge in [-0.15, -0.1) is 0 Å². The quantitative estimate of drug-likeness (QED) is 0.695. The van der Waals surface area contributed by atoms with Crippen molar-refractivity contribution in [1.29, 1.82) is 0 Å². The molecule has 0 unspecified atom stereocenters. The molecule has 0 fully saturated rings. The predicted octanol–water partition coefficient (Wildman–Crippen LogP) is 2.98. The van der Waals surface area contributed by atoms with Gasteiger partial charge in [0.25, 0.3) is 10.0 Å². The Balaban J connectivity index is 1.88. The molecule has 0 aliphatic heterocycles. The summed E-state index contributed by atoms with van der Waals surface area (Å²) >= 11 is 0. The summed E-state index contributed by atoms with van der Waals surface area (Å²) in [6.07, 6.45) is 2.94. The summed E-state index contributed by atoms with van der Waals surface area (Å²) in [7, 11) is -3.76. The van der Waals surface area contributed by atoms with Crippen molar-refractivity contribution >= 4 is 27.8 Å². The molecule has 0 bridgehead atoms. The third-order valence-corrected chi connectivity index (χ3v) is 4.45. The maximum atomic E-state index is 12.3. The minimum atomic E-state index is -3.76. The number of rotatable bonds is 6. The van der Waals surface area contributed by atoms with Gasteiger partial charge in [-0.25, -0.2) is 17.9 Å². The van der Waals surface area contributed by atoms with Gasteiger partial charge in [-0.2, -0.15) is 5.10 Å². The Labute approximate surface area is 150 Å². The fraction of sp³-hybridized carbons (Fsp3) is 0. The first-order valence-electron chi connectivity index (χ1n) is 7.59. The average molecular weight is 369 g/mol. The van der Waals surface area contributed by atoms with Crippen LogP contribution in [0.15, 0.2) is 72.3 Å². The molecule has 0 amide bonds. The van der Waals surface area contributed by atoms with Crippen LogP contribution in [0.4, 0.5) is 5.69 Å². The molecule has 3 aromatic rings. The fourth-order valence-corrected chi connectivity index (χ4v) is 3.13. The first-order chi connectivity index (χ1) is 12.4. The highest BCUT2D eigenvalue weighted by Crippen LogP contribution is 2.21. The largest absolute Gasteiger partial charge is 0.476 e. The van der Waals surface area contributed by atoms with Crippen molar-refractivity contribution < 1.29 is 18.3 Å². The zero-order valence-electron chi connectivity index (χ0n) is 13.5. The molecule has 8 heteroatoms. The smallest absolute Gasteiger partial charge is 0.356 e. The number of hydrogen-bond acceptors (Lipinski definition) is 4. The molecule has 2 N–H and O–H groups in total. The first-order valence-corrected chi connectivity index (χ1v) is 9.13.